The molecule has 0 fully saturated rings. The molecule has 20 heavy (non-hydrogen) atoms. The summed E-state index contributed by atoms with van der Waals surface area (Å²) in [5.41, 5.74) is -0.575. The SMILES string of the molecule is CN(C)CCCC[C@H](CNC(=O)OC(C)(C)C)C(=O)O. The number of rotatable bonds is 8. The minimum absolute atomic E-state index is 0.103. The van der Waals surface area contributed by atoms with Crippen molar-refractivity contribution in [1.82, 2.24) is 10.2 Å². The number of carbonyl (C=O) groups is 2. The molecule has 0 aliphatic carbocycles. The van der Waals surface area contributed by atoms with Gasteiger partial charge in [0.05, 0.1) is 5.92 Å². The first kappa shape index (κ1) is 18.7. The van der Waals surface area contributed by atoms with Crippen LogP contribution in [-0.4, -0.2) is 54.9 Å². The van der Waals surface area contributed by atoms with Crippen molar-refractivity contribution in [2.75, 3.05) is 27.2 Å². The first-order chi connectivity index (χ1) is 9.11. The van der Waals surface area contributed by atoms with E-state index in [0.29, 0.717) is 6.42 Å². The smallest absolute Gasteiger partial charge is 0.407 e. The van der Waals surface area contributed by atoms with E-state index in [-0.39, 0.29) is 6.54 Å². The van der Waals surface area contributed by atoms with Gasteiger partial charge in [-0.2, -0.15) is 0 Å². The maximum absolute atomic E-state index is 11.5. The molecule has 0 aliphatic heterocycles. The molecule has 1 atom stereocenters. The number of hydrogen-bond donors (Lipinski definition) is 2. The molecule has 0 bridgehead atoms. The molecule has 0 rings (SSSR count). The molecular weight excluding hydrogens is 260 g/mol. The summed E-state index contributed by atoms with van der Waals surface area (Å²) in [4.78, 5) is 24.7. The fraction of sp³-hybridized carbons (Fsp3) is 0.857. The van der Waals surface area contributed by atoms with Crippen LogP contribution in [0.4, 0.5) is 4.79 Å². The average molecular weight is 288 g/mol. The predicted octanol–water partition coefficient (Wildman–Crippen LogP) is 1.94. The lowest BCUT2D eigenvalue weighted by Gasteiger charge is -2.21. The Balaban J connectivity index is 4.03. The van der Waals surface area contributed by atoms with Crippen LogP contribution in [0.5, 0.6) is 0 Å². The van der Waals surface area contributed by atoms with E-state index < -0.39 is 23.6 Å². The topological polar surface area (TPSA) is 78.9 Å². The highest BCUT2D eigenvalue weighted by Gasteiger charge is 2.20. The molecule has 0 aromatic carbocycles. The molecule has 6 heteroatoms. The fourth-order valence-corrected chi connectivity index (χ4v) is 1.65. The number of nitrogens with one attached hydrogen (secondary N) is 1. The molecule has 0 spiro atoms. The minimum atomic E-state index is -0.883. The lowest BCUT2D eigenvalue weighted by molar-refractivity contribution is -0.141. The Morgan fingerprint density at radius 3 is 2.30 bits per heavy atom. The molecule has 0 aromatic rings. The van der Waals surface area contributed by atoms with E-state index in [0.717, 1.165) is 19.4 Å². The molecule has 0 unspecified atom stereocenters. The maximum Gasteiger partial charge on any atom is 0.407 e. The van der Waals surface area contributed by atoms with E-state index in [1.807, 2.05) is 14.1 Å². The molecular formula is C14H28N2O4. The summed E-state index contributed by atoms with van der Waals surface area (Å²) in [6.45, 7) is 6.34. The van der Waals surface area contributed by atoms with Crippen molar-refractivity contribution in [1.29, 1.82) is 0 Å². The average Bonchev–Trinajstić information content (AvgIpc) is 2.24. The maximum atomic E-state index is 11.5. The summed E-state index contributed by atoms with van der Waals surface area (Å²) in [6, 6.07) is 0. The molecule has 0 radical (unpaired) electrons. The summed E-state index contributed by atoms with van der Waals surface area (Å²) < 4.78 is 5.08. The van der Waals surface area contributed by atoms with Gasteiger partial charge in [-0.05, 0) is 54.3 Å². The van der Waals surface area contributed by atoms with Crippen molar-refractivity contribution in [3.8, 4) is 0 Å². The molecule has 2 N–H and O–H groups in total. The van der Waals surface area contributed by atoms with Gasteiger partial charge in [0, 0.05) is 6.54 Å². The van der Waals surface area contributed by atoms with Crippen LogP contribution in [-0.2, 0) is 9.53 Å². The molecule has 0 saturated carbocycles. The molecule has 0 saturated heterocycles. The Hall–Kier alpha value is -1.30. The second-order valence-electron chi connectivity index (χ2n) is 6.22. The number of carboxylic acid groups (broad SMARTS) is 1. The third kappa shape index (κ3) is 10.6. The number of carboxylic acids is 1. The van der Waals surface area contributed by atoms with Gasteiger partial charge in [0.25, 0.3) is 0 Å². The van der Waals surface area contributed by atoms with E-state index in [1.165, 1.54) is 0 Å². The van der Waals surface area contributed by atoms with Gasteiger partial charge in [0.2, 0.25) is 0 Å². The lowest BCUT2D eigenvalue weighted by atomic mass is 10.0. The minimum Gasteiger partial charge on any atom is -0.481 e. The number of unbranched alkanes of at least 4 members (excludes halogenated alkanes) is 1. The summed E-state index contributed by atoms with van der Waals surface area (Å²) in [6.07, 6.45) is 1.75. The van der Waals surface area contributed by atoms with Crippen molar-refractivity contribution in [3.05, 3.63) is 0 Å². The monoisotopic (exact) mass is 288 g/mol. The lowest BCUT2D eigenvalue weighted by Crippen LogP contribution is -2.37. The third-order valence-electron chi connectivity index (χ3n) is 2.65. The Bertz CT molecular complexity index is 311. The highest BCUT2D eigenvalue weighted by atomic mass is 16.6. The Morgan fingerprint density at radius 2 is 1.85 bits per heavy atom. The molecule has 118 valence electrons. The van der Waals surface area contributed by atoms with Crippen LogP contribution in [0.15, 0.2) is 0 Å². The summed E-state index contributed by atoms with van der Waals surface area (Å²) in [5, 5.41) is 11.6. The molecule has 0 heterocycles. The first-order valence-corrected chi connectivity index (χ1v) is 6.96. The number of carbonyl (C=O) groups excluding carboxylic acids is 1. The van der Waals surface area contributed by atoms with Gasteiger partial charge in [-0.1, -0.05) is 6.42 Å². The van der Waals surface area contributed by atoms with Crippen LogP contribution in [0, 0.1) is 5.92 Å². The first-order valence-electron chi connectivity index (χ1n) is 6.96. The Labute approximate surface area is 121 Å². The fourth-order valence-electron chi connectivity index (χ4n) is 1.65. The Kier molecular flexibility index (Phi) is 8.22. The summed E-state index contributed by atoms with van der Waals surface area (Å²) in [5.74, 6) is -1.45. The van der Waals surface area contributed by atoms with Crippen LogP contribution in [0.2, 0.25) is 0 Å². The largest absolute Gasteiger partial charge is 0.481 e. The van der Waals surface area contributed by atoms with Crippen molar-refractivity contribution < 1.29 is 19.4 Å². The normalized spacial score (nSPS) is 13.1. The number of nitrogens with zero attached hydrogens (tertiary/aromatic N) is 1. The van der Waals surface area contributed by atoms with Crippen molar-refractivity contribution >= 4 is 12.1 Å². The van der Waals surface area contributed by atoms with Gasteiger partial charge >= 0.3 is 12.1 Å². The Morgan fingerprint density at radius 1 is 1.25 bits per heavy atom. The quantitative estimate of drug-likeness (QED) is 0.667. The third-order valence-corrected chi connectivity index (χ3v) is 2.65. The number of alkyl carbamates (subject to hydrolysis) is 1. The summed E-state index contributed by atoms with van der Waals surface area (Å²) >= 11 is 0. The molecule has 1 amide bonds. The van der Waals surface area contributed by atoms with Crippen LogP contribution in [0.3, 0.4) is 0 Å². The van der Waals surface area contributed by atoms with E-state index >= 15 is 0 Å². The molecule has 0 aromatic heterocycles. The van der Waals surface area contributed by atoms with Gasteiger partial charge in [0.1, 0.15) is 5.60 Å². The highest BCUT2D eigenvalue weighted by molar-refractivity contribution is 5.72. The van der Waals surface area contributed by atoms with E-state index in [4.69, 9.17) is 9.84 Å². The number of ether oxygens (including phenoxy) is 1. The van der Waals surface area contributed by atoms with Gasteiger partial charge in [-0.3, -0.25) is 4.79 Å². The van der Waals surface area contributed by atoms with Gasteiger partial charge in [-0.15, -0.1) is 0 Å². The zero-order valence-corrected chi connectivity index (χ0v) is 13.2. The number of hydrogen-bond acceptors (Lipinski definition) is 4. The molecule has 0 aliphatic rings. The second kappa shape index (κ2) is 8.79. The standard InChI is InChI=1S/C14H28N2O4/c1-14(2,3)20-13(19)15-10-11(12(17)18)8-6-7-9-16(4)5/h11H,6-10H2,1-5H3,(H,15,19)(H,17,18)/t11-/m1/s1. The van der Waals surface area contributed by atoms with E-state index in [1.54, 1.807) is 20.8 Å². The van der Waals surface area contributed by atoms with Crippen LogP contribution >= 0.6 is 0 Å². The number of amides is 1. The van der Waals surface area contributed by atoms with Crippen molar-refractivity contribution in [3.63, 3.8) is 0 Å². The molecule has 6 nitrogen and oxygen atoms in total. The zero-order chi connectivity index (χ0) is 15.8. The van der Waals surface area contributed by atoms with Crippen molar-refractivity contribution in [2.24, 2.45) is 5.92 Å². The predicted molar refractivity (Wildman–Crippen MR) is 77.8 cm³/mol. The van der Waals surface area contributed by atoms with E-state index in [9.17, 15) is 9.59 Å². The summed E-state index contributed by atoms with van der Waals surface area (Å²) in [7, 11) is 3.97. The van der Waals surface area contributed by atoms with Crippen LogP contribution in [0.1, 0.15) is 40.0 Å². The van der Waals surface area contributed by atoms with Gasteiger partial charge in [0.15, 0.2) is 0 Å². The highest BCUT2D eigenvalue weighted by Crippen LogP contribution is 2.10. The van der Waals surface area contributed by atoms with Crippen LogP contribution < -0.4 is 5.32 Å². The van der Waals surface area contributed by atoms with Gasteiger partial charge < -0.3 is 20.1 Å². The second-order valence-corrected chi connectivity index (χ2v) is 6.22. The number of aliphatic carboxylic acids is 1. The van der Waals surface area contributed by atoms with Crippen molar-refractivity contribution in [2.45, 2.75) is 45.6 Å². The van der Waals surface area contributed by atoms with Gasteiger partial charge in [-0.25, -0.2) is 4.79 Å². The van der Waals surface area contributed by atoms with Crippen LogP contribution in [0.25, 0.3) is 0 Å². The zero-order valence-electron chi connectivity index (χ0n) is 13.2. The van der Waals surface area contributed by atoms with E-state index in [2.05, 4.69) is 10.2 Å².